The van der Waals surface area contributed by atoms with Gasteiger partial charge in [0, 0.05) is 28.5 Å². The number of aromatic nitrogens is 2. The third-order valence-electron chi connectivity index (χ3n) is 2.54. The van der Waals surface area contributed by atoms with E-state index in [4.69, 9.17) is 0 Å². The summed E-state index contributed by atoms with van der Waals surface area (Å²) in [6, 6.07) is 7.84. The molecule has 0 radical (unpaired) electrons. The normalized spacial score (nSPS) is 10.3. The molecule has 6 heteroatoms. The van der Waals surface area contributed by atoms with Crippen molar-refractivity contribution >= 4 is 49.2 Å². The predicted molar refractivity (Wildman–Crippen MR) is 86.1 cm³/mol. The number of benzene rings is 1. The molecule has 0 unspecified atom stereocenters. The van der Waals surface area contributed by atoms with Crippen LogP contribution in [0.5, 0.6) is 0 Å². The highest BCUT2D eigenvalue weighted by Gasteiger charge is 2.05. The molecule has 0 aliphatic rings. The largest absolute Gasteiger partial charge is 0.373 e. The van der Waals surface area contributed by atoms with Crippen molar-refractivity contribution in [2.75, 3.05) is 17.7 Å². The fourth-order valence-corrected chi connectivity index (χ4v) is 2.72. The molecular formula is C13H14Br2N4. The smallest absolute Gasteiger partial charge is 0.136 e. The number of rotatable bonds is 4. The maximum absolute atomic E-state index is 4.46. The van der Waals surface area contributed by atoms with E-state index >= 15 is 0 Å². The van der Waals surface area contributed by atoms with Crippen molar-refractivity contribution in [3.05, 3.63) is 39.0 Å². The summed E-state index contributed by atoms with van der Waals surface area (Å²) in [6.45, 7) is 2.04. The van der Waals surface area contributed by atoms with Gasteiger partial charge in [-0.3, -0.25) is 0 Å². The van der Waals surface area contributed by atoms with E-state index in [1.165, 1.54) is 0 Å². The first kappa shape index (κ1) is 14.3. The predicted octanol–water partition coefficient (Wildman–Crippen LogP) is 4.35. The average molecular weight is 386 g/mol. The molecule has 0 bridgehead atoms. The molecule has 0 spiro atoms. The summed E-state index contributed by atoms with van der Waals surface area (Å²) in [7, 11) is 1.85. The maximum Gasteiger partial charge on any atom is 0.136 e. The molecule has 2 aromatic rings. The highest BCUT2D eigenvalue weighted by Crippen LogP contribution is 2.28. The first-order valence-electron chi connectivity index (χ1n) is 5.90. The lowest BCUT2D eigenvalue weighted by molar-refractivity contribution is 0.944. The lowest BCUT2D eigenvalue weighted by atomic mass is 10.3. The lowest BCUT2D eigenvalue weighted by Gasteiger charge is -2.10. The zero-order valence-electron chi connectivity index (χ0n) is 10.7. The maximum atomic E-state index is 4.46. The van der Waals surface area contributed by atoms with Crippen LogP contribution in [0.1, 0.15) is 12.7 Å². The van der Waals surface area contributed by atoms with Crippen LogP contribution in [0.2, 0.25) is 0 Å². The van der Waals surface area contributed by atoms with E-state index in [0.717, 1.165) is 38.5 Å². The van der Waals surface area contributed by atoms with Crippen LogP contribution in [0.3, 0.4) is 0 Å². The van der Waals surface area contributed by atoms with Crippen LogP contribution in [0.15, 0.2) is 33.2 Å². The van der Waals surface area contributed by atoms with Crippen LogP contribution in [0, 0.1) is 0 Å². The van der Waals surface area contributed by atoms with Crippen molar-refractivity contribution in [2.24, 2.45) is 0 Å². The molecular weight excluding hydrogens is 372 g/mol. The van der Waals surface area contributed by atoms with Crippen molar-refractivity contribution in [3.8, 4) is 0 Å². The summed E-state index contributed by atoms with van der Waals surface area (Å²) in [5, 5.41) is 6.33. The van der Waals surface area contributed by atoms with E-state index in [1.54, 1.807) is 0 Å². The zero-order chi connectivity index (χ0) is 13.8. The molecule has 2 N–H and O–H groups in total. The van der Waals surface area contributed by atoms with Gasteiger partial charge in [0.15, 0.2) is 0 Å². The number of halogens is 2. The van der Waals surface area contributed by atoms with Gasteiger partial charge in [0.25, 0.3) is 0 Å². The van der Waals surface area contributed by atoms with Crippen LogP contribution in [-0.2, 0) is 6.42 Å². The SMILES string of the molecule is CCc1nc(NC)cc(Nc2ccc(Br)cc2Br)n1. The van der Waals surface area contributed by atoms with E-state index in [2.05, 4.69) is 52.5 Å². The first-order valence-corrected chi connectivity index (χ1v) is 7.48. The molecule has 100 valence electrons. The first-order chi connectivity index (χ1) is 9.12. The molecule has 0 atom stereocenters. The number of hydrogen-bond acceptors (Lipinski definition) is 4. The van der Waals surface area contributed by atoms with E-state index in [0.29, 0.717) is 0 Å². The van der Waals surface area contributed by atoms with Gasteiger partial charge in [0.2, 0.25) is 0 Å². The molecule has 2 rings (SSSR count). The molecule has 1 heterocycles. The highest BCUT2D eigenvalue weighted by molar-refractivity contribution is 9.11. The Bertz CT molecular complexity index is 565. The number of aryl methyl sites for hydroxylation is 1. The molecule has 0 amide bonds. The Balaban J connectivity index is 2.31. The topological polar surface area (TPSA) is 49.8 Å². The second-order valence-corrected chi connectivity index (χ2v) is 5.68. The lowest BCUT2D eigenvalue weighted by Crippen LogP contribution is -2.03. The molecule has 0 aliphatic heterocycles. The van der Waals surface area contributed by atoms with Crippen LogP contribution >= 0.6 is 31.9 Å². The summed E-state index contributed by atoms with van der Waals surface area (Å²) < 4.78 is 2.00. The van der Waals surface area contributed by atoms with E-state index in [1.807, 2.05) is 38.2 Å². The Morgan fingerprint density at radius 3 is 2.47 bits per heavy atom. The van der Waals surface area contributed by atoms with Crippen LogP contribution in [0.4, 0.5) is 17.3 Å². The molecule has 4 nitrogen and oxygen atoms in total. The minimum absolute atomic E-state index is 0.777. The molecule has 19 heavy (non-hydrogen) atoms. The third kappa shape index (κ3) is 3.67. The molecule has 1 aromatic heterocycles. The van der Waals surface area contributed by atoms with Gasteiger partial charge >= 0.3 is 0 Å². The van der Waals surface area contributed by atoms with Gasteiger partial charge in [-0.1, -0.05) is 22.9 Å². The minimum atomic E-state index is 0.777. The summed E-state index contributed by atoms with van der Waals surface area (Å²) >= 11 is 6.96. The summed E-state index contributed by atoms with van der Waals surface area (Å²) in [6.07, 6.45) is 0.797. The van der Waals surface area contributed by atoms with Gasteiger partial charge in [0.05, 0.1) is 5.69 Å². The Morgan fingerprint density at radius 1 is 1.11 bits per heavy atom. The second-order valence-electron chi connectivity index (χ2n) is 3.91. The standard InChI is InChI=1S/C13H14Br2N4/c1-3-11-18-12(16-2)7-13(19-11)17-10-5-4-8(14)6-9(10)15/h4-7H,3H2,1-2H3,(H2,16,17,18,19). The quantitative estimate of drug-likeness (QED) is 0.821. The van der Waals surface area contributed by atoms with Crippen molar-refractivity contribution < 1.29 is 0 Å². The molecule has 0 fully saturated rings. The Morgan fingerprint density at radius 2 is 1.84 bits per heavy atom. The number of nitrogens with zero attached hydrogens (tertiary/aromatic N) is 2. The Labute approximate surface area is 129 Å². The fraction of sp³-hybridized carbons (Fsp3) is 0.231. The van der Waals surface area contributed by atoms with Crippen molar-refractivity contribution in [1.82, 2.24) is 9.97 Å². The Kier molecular flexibility index (Phi) is 4.76. The molecule has 0 aliphatic carbocycles. The number of anilines is 3. The number of nitrogens with one attached hydrogen (secondary N) is 2. The minimum Gasteiger partial charge on any atom is -0.373 e. The third-order valence-corrected chi connectivity index (χ3v) is 3.69. The van der Waals surface area contributed by atoms with Gasteiger partial charge in [0.1, 0.15) is 17.5 Å². The van der Waals surface area contributed by atoms with Crippen LogP contribution < -0.4 is 10.6 Å². The van der Waals surface area contributed by atoms with Gasteiger partial charge < -0.3 is 10.6 Å². The molecule has 0 saturated carbocycles. The van der Waals surface area contributed by atoms with E-state index in [-0.39, 0.29) is 0 Å². The number of hydrogen-bond donors (Lipinski definition) is 2. The van der Waals surface area contributed by atoms with Crippen molar-refractivity contribution in [1.29, 1.82) is 0 Å². The van der Waals surface area contributed by atoms with E-state index < -0.39 is 0 Å². The monoisotopic (exact) mass is 384 g/mol. The van der Waals surface area contributed by atoms with Crippen molar-refractivity contribution in [2.45, 2.75) is 13.3 Å². The van der Waals surface area contributed by atoms with Gasteiger partial charge in [-0.15, -0.1) is 0 Å². The van der Waals surface area contributed by atoms with Crippen LogP contribution in [-0.4, -0.2) is 17.0 Å². The summed E-state index contributed by atoms with van der Waals surface area (Å²) in [4.78, 5) is 8.83. The van der Waals surface area contributed by atoms with Gasteiger partial charge in [-0.05, 0) is 34.1 Å². The summed E-state index contributed by atoms with van der Waals surface area (Å²) in [5.74, 6) is 2.39. The summed E-state index contributed by atoms with van der Waals surface area (Å²) in [5.41, 5.74) is 0.964. The van der Waals surface area contributed by atoms with Gasteiger partial charge in [-0.25, -0.2) is 9.97 Å². The van der Waals surface area contributed by atoms with Gasteiger partial charge in [-0.2, -0.15) is 0 Å². The molecule has 1 aromatic carbocycles. The van der Waals surface area contributed by atoms with E-state index in [9.17, 15) is 0 Å². The zero-order valence-corrected chi connectivity index (χ0v) is 13.8. The average Bonchev–Trinajstić information content (AvgIpc) is 2.41. The van der Waals surface area contributed by atoms with Crippen LogP contribution in [0.25, 0.3) is 0 Å². The fourth-order valence-electron chi connectivity index (χ4n) is 1.58. The highest BCUT2D eigenvalue weighted by atomic mass is 79.9. The Hall–Kier alpha value is -1.14. The molecule has 0 saturated heterocycles. The second kappa shape index (κ2) is 6.34. The van der Waals surface area contributed by atoms with Crippen molar-refractivity contribution in [3.63, 3.8) is 0 Å².